The smallest absolute Gasteiger partial charge is 0.342 e. The number of aryl methyl sites for hydroxylation is 2. The van der Waals surface area contributed by atoms with Crippen molar-refractivity contribution >= 4 is 33.5 Å². The largest absolute Gasteiger partial charge is 0.507 e. The topological polar surface area (TPSA) is 93.5 Å². The molecule has 1 heterocycles. The number of aromatic nitrogens is 2. The number of nitrogens with zero attached hydrogens (tertiary/aromatic N) is 2. The number of benzene rings is 1. The quantitative estimate of drug-likeness (QED) is 0.792. The number of ether oxygens (including phenoxy) is 1. The van der Waals surface area contributed by atoms with Crippen LogP contribution in [0.4, 0.5) is 5.69 Å². The summed E-state index contributed by atoms with van der Waals surface area (Å²) in [5.74, 6) is -1.47. The summed E-state index contributed by atoms with van der Waals surface area (Å²) < 4.78 is 7.19. The molecule has 2 rings (SSSR count). The van der Waals surface area contributed by atoms with Gasteiger partial charge in [-0.25, -0.2) is 4.79 Å². The number of hydrogen-bond acceptors (Lipinski definition) is 5. The van der Waals surface area contributed by atoms with Crippen LogP contribution in [0.5, 0.6) is 5.75 Å². The number of carbonyl (C=O) groups excluding carboxylic acids is 2. The summed E-state index contributed by atoms with van der Waals surface area (Å²) >= 11 is 3.20. The van der Waals surface area contributed by atoms with Gasteiger partial charge in [-0.15, -0.1) is 0 Å². The first kappa shape index (κ1) is 17.0. The maximum absolute atomic E-state index is 11.9. The molecule has 0 spiro atoms. The van der Waals surface area contributed by atoms with Crippen molar-refractivity contribution in [3.63, 3.8) is 0 Å². The monoisotopic (exact) mass is 381 g/mol. The van der Waals surface area contributed by atoms with Crippen LogP contribution in [-0.2, 0) is 16.6 Å². The number of amides is 1. The highest BCUT2D eigenvalue weighted by molar-refractivity contribution is 9.10. The van der Waals surface area contributed by atoms with E-state index in [4.69, 9.17) is 4.74 Å². The zero-order chi connectivity index (χ0) is 17.1. The van der Waals surface area contributed by atoms with Crippen molar-refractivity contribution in [2.24, 2.45) is 7.05 Å². The number of esters is 1. The van der Waals surface area contributed by atoms with Crippen molar-refractivity contribution in [2.75, 3.05) is 11.9 Å². The van der Waals surface area contributed by atoms with Crippen molar-refractivity contribution in [2.45, 2.75) is 13.8 Å². The fourth-order valence-electron chi connectivity index (χ4n) is 2.01. The average Bonchev–Trinajstić information content (AvgIpc) is 2.73. The van der Waals surface area contributed by atoms with Crippen molar-refractivity contribution in [3.05, 3.63) is 39.6 Å². The number of phenols is 1. The van der Waals surface area contributed by atoms with Crippen LogP contribution < -0.4 is 5.32 Å². The van der Waals surface area contributed by atoms with Gasteiger partial charge in [0, 0.05) is 11.5 Å². The molecule has 0 bridgehead atoms. The lowest BCUT2D eigenvalue weighted by Gasteiger charge is -2.08. The Kier molecular flexibility index (Phi) is 5.05. The molecular formula is C15H16BrN3O4. The SMILES string of the molecule is Cc1nn(C)c(C)c1NC(=O)COC(=O)c1cc(Br)ccc1O. The highest BCUT2D eigenvalue weighted by Crippen LogP contribution is 2.22. The van der Waals surface area contributed by atoms with Crippen LogP contribution in [0.1, 0.15) is 21.7 Å². The van der Waals surface area contributed by atoms with E-state index in [1.807, 2.05) is 6.92 Å². The van der Waals surface area contributed by atoms with E-state index in [0.29, 0.717) is 15.9 Å². The molecule has 8 heteroatoms. The van der Waals surface area contributed by atoms with Crippen LogP contribution in [0.2, 0.25) is 0 Å². The zero-order valence-electron chi connectivity index (χ0n) is 12.9. The molecule has 0 aliphatic carbocycles. The molecule has 7 nitrogen and oxygen atoms in total. The summed E-state index contributed by atoms with van der Waals surface area (Å²) in [6, 6.07) is 4.38. The molecule has 122 valence electrons. The zero-order valence-corrected chi connectivity index (χ0v) is 14.5. The third kappa shape index (κ3) is 3.89. The Labute approximate surface area is 141 Å². The molecule has 0 saturated carbocycles. The minimum absolute atomic E-state index is 0.0130. The predicted octanol–water partition coefficient (Wildman–Crippen LogP) is 2.30. The molecule has 1 amide bonds. The number of hydrogen-bond donors (Lipinski definition) is 2. The Morgan fingerprint density at radius 3 is 2.70 bits per heavy atom. The van der Waals surface area contributed by atoms with E-state index in [-0.39, 0.29) is 11.3 Å². The number of anilines is 1. The molecule has 0 aliphatic rings. The number of rotatable bonds is 4. The van der Waals surface area contributed by atoms with Crippen LogP contribution in [0, 0.1) is 13.8 Å². The number of halogens is 1. The van der Waals surface area contributed by atoms with E-state index in [0.717, 1.165) is 5.69 Å². The molecule has 1 aromatic carbocycles. The minimum Gasteiger partial charge on any atom is -0.507 e. The second kappa shape index (κ2) is 6.82. The van der Waals surface area contributed by atoms with E-state index in [1.165, 1.54) is 12.1 Å². The molecule has 0 radical (unpaired) electrons. The molecule has 0 fully saturated rings. The molecule has 2 aromatic rings. The standard InChI is InChI=1S/C15H16BrN3O4/c1-8-14(9(2)19(3)18-8)17-13(21)7-23-15(22)11-6-10(16)4-5-12(11)20/h4-6,20H,7H2,1-3H3,(H,17,21). The lowest BCUT2D eigenvalue weighted by atomic mass is 10.2. The lowest BCUT2D eigenvalue weighted by molar-refractivity contribution is -0.119. The number of carbonyl (C=O) groups is 2. The Bertz CT molecular complexity index is 770. The average molecular weight is 382 g/mol. The second-order valence-electron chi connectivity index (χ2n) is 4.96. The van der Waals surface area contributed by atoms with Gasteiger partial charge in [0.1, 0.15) is 11.3 Å². The van der Waals surface area contributed by atoms with Crippen molar-refractivity contribution in [3.8, 4) is 5.75 Å². The van der Waals surface area contributed by atoms with Crippen molar-refractivity contribution in [1.82, 2.24) is 9.78 Å². The van der Waals surface area contributed by atoms with E-state index in [9.17, 15) is 14.7 Å². The van der Waals surface area contributed by atoms with E-state index in [2.05, 4.69) is 26.3 Å². The first-order valence-corrected chi connectivity index (χ1v) is 7.54. The van der Waals surface area contributed by atoms with Gasteiger partial charge in [-0.3, -0.25) is 9.48 Å². The van der Waals surface area contributed by atoms with Gasteiger partial charge in [-0.05, 0) is 32.0 Å². The normalized spacial score (nSPS) is 10.4. The van der Waals surface area contributed by atoms with Crippen LogP contribution in [0.15, 0.2) is 22.7 Å². The van der Waals surface area contributed by atoms with Crippen molar-refractivity contribution < 1.29 is 19.4 Å². The van der Waals surface area contributed by atoms with Gasteiger partial charge in [0.2, 0.25) is 0 Å². The van der Waals surface area contributed by atoms with Gasteiger partial charge in [-0.2, -0.15) is 5.10 Å². The first-order valence-electron chi connectivity index (χ1n) is 6.75. The van der Waals surface area contributed by atoms with Crippen molar-refractivity contribution in [1.29, 1.82) is 0 Å². The lowest BCUT2D eigenvalue weighted by Crippen LogP contribution is -2.21. The number of phenolic OH excluding ortho intramolecular Hbond substituents is 1. The third-order valence-corrected chi connectivity index (χ3v) is 3.78. The predicted molar refractivity (Wildman–Crippen MR) is 87.4 cm³/mol. The summed E-state index contributed by atoms with van der Waals surface area (Å²) in [6.07, 6.45) is 0. The highest BCUT2D eigenvalue weighted by Gasteiger charge is 2.17. The van der Waals surface area contributed by atoms with Gasteiger partial charge in [0.15, 0.2) is 6.61 Å². The van der Waals surface area contributed by atoms with E-state index >= 15 is 0 Å². The van der Waals surface area contributed by atoms with Gasteiger partial charge >= 0.3 is 5.97 Å². The van der Waals surface area contributed by atoms with Crippen LogP contribution in [-0.4, -0.2) is 33.4 Å². The van der Waals surface area contributed by atoms with Crippen LogP contribution in [0.25, 0.3) is 0 Å². The van der Waals surface area contributed by atoms with E-state index in [1.54, 1.807) is 24.7 Å². The summed E-state index contributed by atoms with van der Waals surface area (Å²) in [4.78, 5) is 23.8. The molecule has 0 aliphatic heterocycles. The molecule has 2 N–H and O–H groups in total. The van der Waals surface area contributed by atoms with Gasteiger partial charge < -0.3 is 15.2 Å². The highest BCUT2D eigenvalue weighted by atomic mass is 79.9. The summed E-state index contributed by atoms with van der Waals surface area (Å²) in [7, 11) is 1.77. The molecule has 0 saturated heterocycles. The summed E-state index contributed by atoms with van der Waals surface area (Å²) in [5, 5.41) is 16.5. The van der Waals surface area contributed by atoms with Gasteiger partial charge in [-0.1, -0.05) is 15.9 Å². The fourth-order valence-corrected chi connectivity index (χ4v) is 2.37. The third-order valence-electron chi connectivity index (χ3n) is 3.29. The Hall–Kier alpha value is -2.35. The summed E-state index contributed by atoms with van der Waals surface area (Å²) in [6.45, 7) is 3.13. The Morgan fingerprint density at radius 2 is 2.09 bits per heavy atom. The Morgan fingerprint density at radius 1 is 1.39 bits per heavy atom. The first-order chi connectivity index (χ1) is 10.8. The number of nitrogens with one attached hydrogen (secondary N) is 1. The van der Waals surface area contributed by atoms with Gasteiger partial charge in [0.25, 0.3) is 5.91 Å². The second-order valence-corrected chi connectivity index (χ2v) is 5.87. The minimum atomic E-state index is -0.779. The Balaban J connectivity index is 1.99. The maximum atomic E-state index is 11.9. The van der Waals surface area contributed by atoms with Crippen LogP contribution >= 0.6 is 15.9 Å². The van der Waals surface area contributed by atoms with Gasteiger partial charge in [0.05, 0.1) is 17.1 Å². The van der Waals surface area contributed by atoms with E-state index < -0.39 is 18.5 Å². The fraction of sp³-hybridized carbons (Fsp3) is 0.267. The van der Waals surface area contributed by atoms with Crippen LogP contribution in [0.3, 0.4) is 0 Å². The molecule has 1 aromatic heterocycles. The summed E-state index contributed by atoms with van der Waals surface area (Å²) in [5.41, 5.74) is 2.06. The molecule has 0 unspecified atom stereocenters. The molecular weight excluding hydrogens is 366 g/mol. The number of aromatic hydroxyl groups is 1. The maximum Gasteiger partial charge on any atom is 0.342 e. The molecule has 23 heavy (non-hydrogen) atoms. The molecule has 0 atom stereocenters.